The number of benzene rings is 1. The van der Waals surface area contributed by atoms with Crippen molar-refractivity contribution in [2.45, 2.75) is 12.5 Å². The summed E-state index contributed by atoms with van der Waals surface area (Å²) < 4.78 is 5.82. The molecule has 0 bridgehead atoms. The molecule has 2 aromatic rings. The van der Waals surface area contributed by atoms with Crippen LogP contribution in [0.3, 0.4) is 0 Å². The van der Waals surface area contributed by atoms with Gasteiger partial charge in [0.15, 0.2) is 5.78 Å². The van der Waals surface area contributed by atoms with E-state index in [9.17, 15) is 4.79 Å². The number of rotatable bonds is 1. The van der Waals surface area contributed by atoms with Gasteiger partial charge in [-0.25, -0.2) is 0 Å². The maximum atomic E-state index is 11.9. The molecule has 0 spiro atoms. The van der Waals surface area contributed by atoms with Crippen LogP contribution in [0.15, 0.2) is 41.8 Å². The average molecular weight is 230 g/mol. The summed E-state index contributed by atoms with van der Waals surface area (Å²) in [5.41, 5.74) is 1.06. The second-order valence-corrected chi connectivity index (χ2v) is 4.67. The van der Waals surface area contributed by atoms with Crippen LogP contribution < -0.4 is 4.74 Å². The first kappa shape index (κ1) is 9.60. The zero-order valence-corrected chi connectivity index (χ0v) is 9.37. The van der Waals surface area contributed by atoms with Crippen molar-refractivity contribution < 1.29 is 9.53 Å². The van der Waals surface area contributed by atoms with Crippen molar-refractivity contribution in [3.05, 3.63) is 52.2 Å². The molecule has 3 rings (SSSR count). The van der Waals surface area contributed by atoms with Crippen LogP contribution in [0.1, 0.15) is 27.8 Å². The minimum Gasteiger partial charge on any atom is -0.484 e. The Morgan fingerprint density at radius 2 is 2.00 bits per heavy atom. The Hall–Kier alpha value is -1.61. The molecule has 2 nitrogen and oxygen atoms in total. The minimum absolute atomic E-state index is 0.129. The van der Waals surface area contributed by atoms with E-state index in [-0.39, 0.29) is 11.9 Å². The summed E-state index contributed by atoms with van der Waals surface area (Å²) >= 11 is 1.46. The molecule has 16 heavy (non-hydrogen) atoms. The van der Waals surface area contributed by atoms with Gasteiger partial charge in [-0.2, -0.15) is 0 Å². The molecule has 0 saturated heterocycles. The van der Waals surface area contributed by atoms with Crippen molar-refractivity contribution in [2.75, 3.05) is 0 Å². The van der Waals surface area contributed by atoms with Crippen molar-refractivity contribution in [3.8, 4) is 5.75 Å². The predicted octanol–water partition coefficient (Wildman–Crippen LogP) is 3.45. The van der Waals surface area contributed by atoms with Gasteiger partial charge >= 0.3 is 0 Å². The smallest absolute Gasteiger partial charge is 0.180 e. The summed E-state index contributed by atoms with van der Waals surface area (Å²) in [6, 6.07) is 11.8. The molecule has 1 aliphatic rings. The van der Waals surface area contributed by atoms with E-state index in [0.29, 0.717) is 6.42 Å². The zero-order valence-electron chi connectivity index (χ0n) is 8.55. The number of carbonyl (C=O) groups is 1. The Morgan fingerprint density at radius 1 is 1.19 bits per heavy atom. The van der Waals surface area contributed by atoms with Gasteiger partial charge in [0.25, 0.3) is 0 Å². The molecule has 0 N–H and O–H groups in total. The number of hydrogen-bond donors (Lipinski definition) is 0. The van der Waals surface area contributed by atoms with E-state index in [1.807, 2.05) is 41.8 Å². The Morgan fingerprint density at radius 3 is 2.81 bits per heavy atom. The van der Waals surface area contributed by atoms with Crippen LogP contribution in [0.4, 0.5) is 0 Å². The number of hydrogen-bond acceptors (Lipinski definition) is 3. The second-order valence-electron chi connectivity index (χ2n) is 3.76. The molecule has 1 unspecified atom stereocenters. The fraction of sp³-hybridized carbons (Fsp3) is 0.154. The summed E-state index contributed by atoms with van der Waals surface area (Å²) in [5, 5.41) is 1.90. The maximum Gasteiger partial charge on any atom is 0.180 e. The lowest BCUT2D eigenvalue weighted by atomic mass is 10.0. The third-order valence-corrected chi connectivity index (χ3v) is 3.63. The van der Waals surface area contributed by atoms with E-state index in [2.05, 4.69) is 0 Å². The fourth-order valence-corrected chi connectivity index (χ4v) is 2.68. The van der Waals surface area contributed by atoms with Crippen molar-refractivity contribution in [3.63, 3.8) is 0 Å². The van der Waals surface area contributed by atoms with Gasteiger partial charge in [-0.3, -0.25) is 4.79 Å². The van der Waals surface area contributed by atoms with Crippen LogP contribution in [0.5, 0.6) is 5.75 Å². The summed E-state index contributed by atoms with van der Waals surface area (Å²) in [4.78, 5) is 12.6. The fourth-order valence-electron chi connectivity index (χ4n) is 1.90. The van der Waals surface area contributed by atoms with Crippen molar-refractivity contribution in [1.82, 2.24) is 0 Å². The van der Waals surface area contributed by atoms with Crippen LogP contribution in [0, 0.1) is 0 Å². The SMILES string of the molecule is O=C1CC(c2ccccc2)Oc2ccsc21. The van der Waals surface area contributed by atoms with E-state index in [0.717, 1.165) is 16.2 Å². The first-order chi connectivity index (χ1) is 7.84. The van der Waals surface area contributed by atoms with E-state index in [4.69, 9.17) is 4.74 Å². The van der Waals surface area contributed by atoms with Gasteiger partial charge in [0.2, 0.25) is 0 Å². The number of Topliss-reactive ketones (excluding diaryl/α,β-unsaturated/α-hetero) is 1. The molecular weight excluding hydrogens is 220 g/mol. The number of carbonyl (C=O) groups excluding carboxylic acids is 1. The molecule has 0 saturated carbocycles. The third kappa shape index (κ3) is 1.53. The lowest BCUT2D eigenvalue weighted by Gasteiger charge is -2.23. The first-order valence-corrected chi connectivity index (χ1v) is 6.05. The molecule has 1 atom stereocenters. The van der Waals surface area contributed by atoms with Gasteiger partial charge in [-0.05, 0) is 17.0 Å². The topological polar surface area (TPSA) is 26.3 Å². The van der Waals surface area contributed by atoms with Crippen molar-refractivity contribution in [1.29, 1.82) is 0 Å². The van der Waals surface area contributed by atoms with Crippen LogP contribution in [-0.2, 0) is 0 Å². The minimum atomic E-state index is -0.129. The monoisotopic (exact) mass is 230 g/mol. The lowest BCUT2D eigenvalue weighted by Crippen LogP contribution is -2.18. The summed E-state index contributed by atoms with van der Waals surface area (Å²) in [7, 11) is 0. The molecule has 0 radical (unpaired) electrons. The average Bonchev–Trinajstić information content (AvgIpc) is 2.79. The van der Waals surface area contributed by atoms with E-state index >= 15 is 0 Å². The van der Waals surface area contributed by atoms with Crippen molar-refractivity contribution >= 4 is 17.1 Å². The highest BCUT2D eigenvalue weighted by Gasteiger charge is 2.28. The van der Waals surface area contributed by atoms with E-state index < -0.39 is 0 Å². The van der Waals surface area contributed by atoms with Crippen LogP contribution in [0.25, 0.3) is 0 Å². The Labute approximate surface area is 97.5 Å². The Balaban J connectivity index is 1.95. The summed E-state index contributed by atoms with van der Waals surface area (Å²) in [5.74, 6) is 0.917. The van der Waals surface area contributed by atoms with Crippen LogP contribution >= 0.6 is 11.3 Å². The summed E-state index contributed by atoms with van der Waals surface area (Å²) in [6.45, 7) is 0. The van der Waals surface area contributed by atoms with Gasteiger partial charge in [0, 0.05) is 0 Å². The third-order valence-electron chi connectivity index (χ3n) is 2.69. The molecule has 0 aliphatic carbocycles. The van der Waals surface area contributed by atoms with E-state index in [1.165, 1.54) is 11.3 Å². The molecule has 0 fully saturated rings. The highest BCUT2D eigenvalue weighted by Crippen LogP contribution is 2.37. The highest BCUT2D eigenvalue weighted by atomic mass is 32.1. The predicted molar refractivity (Wildman–Crippen MR) is 63.1 cm³/mol. The second kappa shape index (κ2) is 3.76. The van der Waals surface area contributed by atoms with Gasteiger partial charge < -0.3 is 4.74 Å². The lowest BCUT2D eigenvalue weighted by molar-refractivity contribution is 0.0858. The number of ketones is 1. The molecule has 2 heterocycles. The standard InChI is InChI=1S/C13H10O2S/c14-10-8-12(9-4-2-1-3-5-9)15-11-6-7-16-13(10)11/h1-7,12H,8H2. The molecule has 1 aliphatic heterocycles. The first-order valence-electron chi connectivity index (χ1n) is 5.17. The molecule has 1 aromatic carbocycles. The Kier molecular flexibility index (Phi) is 2.26. The molecule has 80 valence electrons. The van der Waals surface area contributed by atoms with Gasteiger partial charge in [0.05, 0.1) is 6.42 Å². The number of ether oxygens (including phenoxy) is 1. The molecule has 3 heteroatoms. The molecule has 1 aromatic heterocycles. The quantitative estimate of drug-likeness (QED) is 0.750. The summed E-state index contributed by atoms with van der Waals surface area (Å²) in [6.07, 6.45) is 0.313. The van der Waals surface area contributed by atoms with Gasteiger partial charge in [0.1, 0.15) is 16.7 Å². The molecular formula is C13H10O2S. The normalized spacial score (nSPS) is 19.0. The van der Waals surface area contributed by atoms with Gasteiger partial charge in [-0.1, -0.05) is 30.3 Å². The number of fused-ring (bicyclic) bond motifs is 1. The largest absolute Gasteiger partial charge is 0.484 e. The highest BCUT2D eigenvalue weighted by molar-refractivity contribution is 7.12. The van der Waals surface area contributed by atoms with Crippen LogP contribution in [0.2, 0.25) is 0 Å². The number of thiophene rings is 1. The zero-order chi connectivity index (χ0) is 11.0. The van der Waals surface area contributed by atoms with Gasteiger partial charge in [-0.15, -0.1) is 11.3 Å². The molecule has 0 amide bonds. The maximum absolute atomic E-state index is 11.9. The van der Waals surface area contributed by atoms with Crippen molar-refractivity contribution in [2.24, 2.45) is 0 Å². The van der Waals surface area contributed by atoms with Crippen LogP contribution in [-0.4, -0.2) is 5.78 Å². The Bertz CT molecular complexity index is 516. The van der Waals surface area contributed by atoms with E-state index in [1.54, 1.807) is 0 Å².